The van der Waals surface area contributed by atoms with Gasteiger partial charge in [-0.1, -0.05) is 30.3 Å². The second-order valence-corrected chi connectivity index (χ2v) is 5.23. The fourth-order valence-corrected chi connectivity index (χ4v) is 2.08. The predicted octanol–water partition coefficient (Wildman–Crippen LogP) is 1.62. The van der Waals surface area contributed by atoms with Gasteiger partial charge in [-0.15, -0.1) is 0 Å². The zero-order valence-corrected chi connectivity index (χ0v) is 12.0. The Bertz CT molecular complexity index is 690. The molecule has 1 atom stereocenters. The van der Waals surface area contributed by atoms with Gasteiger partial charge in [0.1, 0.15) is 0 Å². The largest absolute Gasteiger partial charge is 0.385 e. The Balaban J connectivity index is 2.07. The number of nitrogens with one attached hydrogen (secondary N) is 1. The molecule has 1 amide bonds. The molecule has 1 aromatic carbocycles. The normalized spacial score (nSPS) is 13.5. The van der Waals surface area contributed by atoms with Gasteiger partial charge in [-0.3, -0.25) is 9.59 Å². The van der Waals surface area contributed by atoms with E-state index in [1.807, 2.05) is 18.2 Å². The highest BCUT2D eigenvalue weighted by Gasteiger charge is 2.26. The van der Waals surface area contributed by atoms with Crippen LogP contribution in [0.5, 0.6) is 0 Å². The Hall–Kier alpha value is -2.40. The predicted molar refractivity (Wildman–Crippen MR) is 80.9 cm³/mol. The molecule has 0 spiro atoms. The summed E-state index contributed by atoms with van der Waals surface area (Å²) in [4.78, 5) is 23.3. The minimum atomic E-state index is -1.24. The van der Waals surface area contributed by atoms with Gasteiger partial charge in [-0.25, -0.2) is 0 Å². The molecule has 0 bridgehead atoms. The molecule has 5 heteroatoms. The first-order chi connectivity index (χ1) is 9.88. The Kier molecular flexibility index (Phi) is 4.23. The van der Waals surface area contributed by atoms with Crippen LogP contribution in [0.4, 0.5) is 5.69 Å². The van der Waals surface area contributed by atoms with Crippen molar-refractivity contribution in [2.45, 2.75) is 18.9 Å². The summed E-state index contributed by atoms with van der Waals surface area (Å²) >= 11 is 0. The smallest absolute Gasteiger partial charge is 0.250 e. The maximum Gasteiger partial charge on any atom is 0.250 e. The van der Waals surface area contributed by atoms with E-state index in [-0.39, 0.29) is 17.9 Å². The molecule has 0 saturated heterocycles. The number of hydrogen-bond acceptors (Lipinski definition) is 3. The lowest BCUT2D eigenvalue weighted by Crippen LogP contribution is -2.28. The number of anilines is 1. The number of aromatic nitrogens is 1. The van der Waals surface area contributed by atoms with Crippen molar-refractivity contribution in [2.75, 3.05) is 5.32 Å². The third-order valence-electron chi connectivity index (χ3n) is 3.27. The van der Waals surface area contributed by atoms with Gasteiger partial charge >= 0.3 is 0 Å². The lowest BCUT2D eigenvalue weighted by Gasteiger charge is -2.23. The molecule has 0 fully saturated rings. The molecule has 110 valence electrons. The standard InChI is InChI=1S/C16H18N2O3/c1-16(21,12-6-4-3-5-7-12)10-14(19)17-13-8-9-15(20)18(2)11-13/h3-9,11,21H,10H2,1-2H3,(H,17,19). The first kappa shape index (κ1) is 15.0. The molecule has 1 unspecified atom stereocenters. The third-order valence-corrected chi connectivity index (χ3v) is 3.27. The van der Waals surface area contributed by atoms with Crippen molar-refractivity contribution in [1.82, 2.24) is 4.57 Å². The lowest BCUT2D eigenvalue weighted by molar-refractivity contribution is -0.120. The fraction of sp³-hybridized carbons (Fsp3) is 0.250. The van der Waals surface area contributed by atoms with Crippen LogP contribution in [0.1, 0.15) is 18.9 Å². The summed E-state index contributed by atoms with van der Waals surface area (Å²) in [5.74, 6) is -0.317. The molecular weight excluding hydrogens is 268 g/mol. The molecule has 2 rings (SSSR count). The summed E-state index contributed by atoms with van der Waals surface area (Å²) in [5.41, 5.74) is -0.192. The van der Waals surface area contributed by atoms with Gasteiger partial charge in [0.15, 0.2) is 0 Å². The van der Waals surface area contributed by atoms with Gasteiger partial charge in [0, 0.05) is 19.3 Å². The Morgan fingerprint density at radius 3 is 2.52 bits per heavy atom. The minimum absolute atomic E-state index is 0.0696. The van der Waals surface area contributed by atoms with E-state index in [0.29, 0.717) is 11.3 Å². The summed E-state index contributed by atoms with van der Waals surface area (Å²) in [7, 11) is 1.61. The molecule has 0 aliphatic rings. The molecule has 0 radical (unpaired) electrons. The number of benzene rings is 1. The molecule has 0 saturated carbocycles. The lowest BCUT2D eigenvalue weighted by atomic mass is 9.92. The van der Waals surface area contributed by atoms with Gasteiger partial charge in [-0.2, -0.15) is 0 Å². The van der Waals surface area contributed by atoms with Crippen LogP contribution in [0.25, 0.3) is 0 Å². The molecular formula is C16H18N2O3. The first-order valence-electron chi connectivity index (χ1n) is 6.63. The van der Waals surface area contributed by atoms with Crippen LogP contribution < -0.4 is 10.9 Å². The number of pyridine rings is 1. The molecule has 21 heavy (non-hydrogen) atoms. The Labute approximate surface area is 122 Å². The summed E-state index contributed by atoms with van der Waals surface area (Å²) in [6, 6.07) is 12.0. The van der Waals surface area contributed by atoms with Crippen molar-refractivity contribution in [3.8, 4) is 0 Å². The van der Waals surface area contributed by atoms with Crippen molar-refractivity contribution in [3.05, 3.63) is 64.6 Å². The van der Waals surface area contributed by atoms with Crippen molar-refractivity contribution in [3.63, 3.8) is 0 Å². The highest BCUT2D eigenvalue weighted by Crippen LogP contribution is 2.24. The first-order valence-corrected chi connectivity index (χ1v) is 6.63. The van der Waals surface area contributed by atoms with E-state index in [1.165, 1.54) is 22.9 Å². The van der Waals surface area contributed by atoms with E-state index in [1.54, 1.807) is 26.1 Å². The number of amides is 1. The Morgan fingerprint density at radius 1 is 1.24 bits per heavy atom. The molecule has 0 aliphatic heterocycles. The number of aliphatic hydroxyl groups is 1. The number of hydrogen-bond donors (Lipinski definition) is 2. The van der Waals surface area contributed by atoms with E-state index in [2.05, 4.69) is 5.32 Å². The molecule has 2 N–H and O–H groups in total. The second-order valence-electron chi connectivity index (χ2n) is 5.23. The number of carbonyl (C=O) groups is 1. The van der Waals surface area contributed by atoms with Crippen molar-refractivity contribution >= 4 is 11.6 Å². The highest BCUT2D eigenvalue weighted by molar-refractivity contribution is 5.91. The van der Waals surface area contributed by atoms with E-state index in [9.17, 15) is 14.7 Å². The summed E-state index contributed by atoms with van der Waals surface area (Å²) in [5, 5.41) is 13.1. The van der Waals surface area contributed by atoms with Crippen LogP contribution in [-0.2, 0) is 17.4 Å². The molecule has 2 aromatic rings. The Morgan fingerprint density at radius 2 is 1.90 bits per heavy atom. The van der Waals surface area contributed by atoms with Gasteiger partial charge in [0.05, 0.1) is 17.7 Å². The zero-order valence-electron chi connectivity index (χ0n) is 12.0. The average Bonchev–Trinajstić information content (AvgIpc) is 2.43. The molecule has 0 aliphatic carbocycles. The maximum atomic E-state index is 12.0. The third kappa shape index (κ3) is 3.79. The molecule has 1 heterocycles. The second kappa shape index (κ2) is 5.93. The monoisotopic (exact) mass is 286 g/mol. The van der Waals surface area contributed by atoms with Crippen molar-refractivity contribution in [2.24, 2.45) is 7.05 Å². The van der Waals surface area contributed by atoms with Crippen LogP contribution in [0.2, 0.25) is 0 Å². The number of carbonyl (C=O) groups excluding carboxylic acids is 1. The minimum Gasteiger partial charge on any atom is -0.385 e. The van der Waals surface area contributed by atoms with Crippen LogP contribution >= 0.6 is 0 Å². The van der Waals surface area contributed by atoms with E-state index >= 15 is 0 Å². The van der Waals surface area contributed by atoms with Crippen LogP contribution in [-0.4, -0.2) is 15.6 Å². The summed E-state index contributed by atoms with van der Waals surface area (Å²) in [6.07, 6.45) is 1.47. The topological polar surface area (TPSA) is 71.3 Å². The van der Waals surface area contributed by atoms with Gasteiger partial charge in [0.2, 0.25) is 11.5 Å². The van der Waals surface area contributed by atoms with Crippen LogP contribution in [0.3, 0.4) is 0 Å². The van der Waals surface area contributed by atoms with Crippen molar-refractivity contribution in [1.29, 1.82) is 0 Å². The van der Waals surface area contributed by atoms with Crippen LogP contribution in [0, 0.1) is 0 Å². The summed E-state index contributed by atoms with van der Waals surface area (Å²) < 4.78 is 1.38. The molecule has 1 aromatic heterocycles. The van der Waals surface area contributed by atoms with E-state index in [0.717, 1.165) is 0 Å². The number of rotatable bonds is 4. The molecule has 5 nitrogen and oxygen atoms in total. The van der Waals surface area contributed by atoms with E-state index in [4.69, 9.17) is 0 Å². The quantitative estimate of drug-likeness (QED) is 0.897. The number of aryl methyl sites for hydroxylation is 1. The van der Waals surface area contributed by atoms with Gasteiger partial charge < -0.3 is 15.0 Å². The van der Waals surface area contributed by atoms with Crippen LogP contribution in [0.15, 0.2) is 53.5 Å². The number of nitrogens with zero attached hydrogens (tertiary/aromatic N) is 1. The van der Waals surface area contributed by atoms with E-state index < -0.39 is 5.60 Å². The average molecular weight is 286 g/mol. The zero-order chi connectivity index (χ0) is 15.5. The fourth-order valence-electron chi connectivity index (χ4n) is 2.08. The van der Waals surface area contributed by atoms with Crippen molar-refractivity contribution < 1.29 is 9.90 Å². The van der Waals surface area contributed by atoms with Gasteiger partial charge in [-0.05, 0) is 18.6 Å². The highest BCUT2D eigenvalue weighted by atomic mass is 16.3. The SMILES string of the molecule is Cn1cc(NC(=O)CC(C)(O)c2ccccc2)ccc1=O. The maximum absolute atomic E-state index is 12.0. The summed E-state index contributed by atoms with van der Waals surface area (Å²) in [6.45, 7) is 1.60. The van der Waals surface area contributed by atoms with Gasteiger partial charge in [0.25, 0.3) is 0 Å².